The molecule has 2 aliphatic heterocycles. The summed E-state index contributed by atoms with van der Waals surface area (Å²) in [5, 5.41) is 6.40. The number of likely N-dealkylation sites (tertiary alicyclic amines) is 2. The Labute approximate surface area is 195 Å². The second-order valence-electron chi connectivity index (χ2n) is 8.30. The van der Waals surface area contributed by atoms with Gasteiger partial charge in [0.05, 0.1) is 6.20 Å². The molecule has 2 fully saturated rings. The fraction of sp³-hybridized carbons (Fsp3) is 0.435. The minimum absolute atomic E-state index is 0.0481. The molecule has 3 heterocycles. The van der Waals surface area contributed by atoms with Crippen molar-refractivity contribution in [1.82, 2.24) is 14.8 Å². The lowest BCUT2D eigenvalue weighted by Gasteiger charge is -2.31. The highest BCUT2D eigenvalue weighted by Crippen LogP contribution is 2.23. The summed E-state index contributed by atoms with van der Waals surface area (Å²) in [6.07, 6.45) is 9.12. The molecule has 2 saturated heterocycles. The van der Waals surface area contributed by atoms with Gasteiger partial charge in [-0.05, 0) is 50.9 Å². The lowest BCUT2D eigenvalue weighted by molar-refractivity contribution is -0.126. The van der Waals surface area contributed by atoms with Crippen molar-refractivity contribution in [2.45, 2.75) is 31.7 Å². The summed E-state index contributed by atoms with van der Waals surface area (Å²) >= 11 is 1.17. The second-order valence-corrected chi connectivity index (χ2v) is 9.33. The van der Waals surface area contributed by atoms with E-state index in [1.165, 1.54) is 30.4 Å². The van der Waals surface area contributed by atoms with Gasteiger partial charge in [-0.15, -0.1) is 0 Å². The molecule has 2 N–H and O–H groups in total. The number of carbonyl (C=O) groups is 2. The molecule has 0 aliphatic carbocycles. The van der Waals surface area contributed by atoms with E-state index in [2.05, 4.69) is 20.5 Å². The Bertz CT molecular complexity index is 994. The molecule has 0 radical (unpaired) electrons. The Morgan fingerprint density at radius 1 is 1.09 bits per heavy atom. The van der Waals surface area contributed by atoms with Gasteiger partial charge in [0.1, 0.15) is 16.5 Å². The van der Waals surface area contributed by atoms with Crippen LogP contribution in [0.15, 0.2) is 36.5 Å². The fourth-order valence-corrected chi connectivity index (χ4v) is 4.84. The largest absolute Gasteiger partial charge is 0.359 e. The number of rotatable bonds is 7. The van der Waals surface area contributed by atoms with Gasteiger partial charge < -0.3 is 15.5 Å². The minimum atomic E-state index is -0.760. The molecule has 2 amide bonds. The molecule has 1 aromatic heterocycles. The Morgan fingerprint density at radius 3 is 2.48 bits per heavy atom. The van der Waals surface area contributed by atoms with Crippen LogP contribution in [-0.2, 0) is 4.79 Å². The first-order valence-electron chi connectivity index (χ1n) is 11.1. The third-order valence-corrected chi connectivity index (χ3v) is 6.73. The van der Waals surface area contributed by atoms with E-state index in [1.807, 2.05) is 11.0 Å². The zero-order chi connectivity index (χ0) is 23.2. The number of anilines is 2. The summed E-state index contributed by atoms with van der Waals surface area (Å²) in [6.45, 7) is 4.37. The fourth-order valence-electron chi connectivity index (χ4n) is 4.06. The van der Waals surface area contributed by atoms with E-state index in [9.17, 15) is 18.4 Å². The van der Waals surface area contributed by atoms with E-state index in [0.717, 1.165) is 50.7 Å². The van der Waals surface area contributed by atoms with Gasteiger partial charge in [-0.2, -0.15) is 0 Å². The number of hydrogen-bond acceptors (Lipinski definition) is 6. The summed E-state index contributed by atoms with van der Waals surface area (Å²) < 4.78 is 26.6. The van der Waals surface area contributed by atoms with Crippen molar-refractivity contribution in [1.29, 1.82) is 0 Å². The lowest BCUT2D eigenvalue weighted by Crippen LogP contribution is -2.41. The van der Waals surface area contributed by atoms with Crippen molar-refractivity contribution in [2.24, 2.45) is 0 Å². The van der Waals surface area contributed by atoms with Crippen LogP contribution in [0.2, 0.25) is 0 Å². The van der Waals surface area contributed by atoms with Crippen LogP contribution in [0.25, 0.3) is 0 Å². The van der Waals surface area contributed by atoms with E-state index in [4.69, 9.17) is 0 Å². The van der Waals surface area contributed by atoms with Crippen LogP contribution in [0.5, 0.6) is 0 Å². The molecule has 0 bridgehead atoms. The summed E-state index contributed by atoms with van der Waals surface area (Å²) in [7, 11) is 0. The molecular formula is C23H27F2N5O2S. The van der Waals surface area contributed by atoms with Gasteiger partial charge in [0.15, 0.2) is 5.13 Å². The number of halogens is 2. The van der Waals surface area contributed by atoms with Crippen LogP contribution in [0.3, 0.4) is 0 Å². The first kappa shape index (κ1) is 23.3. The maximum absolute atomic E-state index is 13.3. The molecule has 2 aliphatic rings. The van der Waals surface area contributed by atoms with Crippen molar-refractivity contribution in [2.75, 3.05) is 43.4 Å². The molecule has 0 atom stereocenters. The van der Waals surface area contributed by atoms with Gasteiger partial charge in [-0.25, -0.2) is 13.8 Å². The normalized spacial score (nSPS) is 17.6. The van der Waals surface area contributed by atoms with Crippen LogP contribution in [0, 0.1) is 11.6 Å². The molecular weight excluding hydrogens is 448 g/mol. The smallest absolute Gasteiger partial charge is 0.267 e. The average Bonchev–Trinajstić information content (AvgIpc) is 3.46. The van der Waals surface area contributed by atoms with Crippen LogP contribution in [-0.4, -0.2) is 65.4 Å². The number of nitrogens with one attached hydrogen (secondary N) is 2. The monoisotopic (exact) mass is 475 g/mol. The van der Waals surface area contributed by atoms with Crippen molar-refractivity contribution in [3.05, 3.63) is 53.1 Å². The van der Waals surface area contributed by atoms with Crippen molar-refractivity contribution in [3.63, 3.8) is 0 Å². The number of carbonyl (C=O) groups excluding carboxylic acids is 2. The number of amides is 2. The first-order chi connectivity index (χ1) is 16.0. The Hall–Kier alpha value is -2.85. The van der Waals surface area contributed by atoms with E-state index < -0.39 is 17.5 Å². The molecule has 33 heavy (non-hydrogen) atoms. The predicted octanol–water partition coefficient (Wildman–Crippen LogP) is 3.73. The zero-order valence-electron chi connectivity index (χ0n) is 18.2. The first-order valence-corrected chi connectivity index (χ1v) is 12.0. The molecule has 2 aromatic rings. The standard InChI is InChI=1S/C23H27F2N5O2S/c24-16-12-17(25)14-19(13-16)27-22(32)20-15-26-23(33-20)28-18-5-10-30(11-6-18)21(31)4-3-9-29-7-1-2-8-29/h3-4,12-15,18H,1-2,5-11H2,(H,26,28)(H,27,32)/b4-3+. The maximum atomic E-state index is 13.3. The summed E-state index contributed by atoms with van der Waals surface area (Å²) in [4.78, 5) is 33.5. The van der Waals surface area contributed by atoms with Gasteiger partial charge in [0, 0.05) is 43.5 Å². The van der Waals surface area contributed by atoms with Gasteiger partial charge >= 0.3 is 0 Å². The number of benzene rings is 1. The van der Waals surface area contributed by atoms with Crippen LogP contribution < -0.4 is 10.6 Å². The number of aromatic nitrogens is 1. The van der Waals surface area contributed by atoms with Crippen LogP contribution in [0.1, 0.15) is 35.4 Å². The van der Waals surface area contributed by atoms with Crippen LogP contribution >= 0.6 is 11.3 Å². The topological polar surface area (TPSA) is 77.6 Å². The highest BCUT2D eigenvalue weighted by Gasteiger charge is 2.23. The molecule has 4 rings (SSSR count). The average molecular weight is 476 g/mol. The second kappa shape index (κ2) is 10.8. The number of hydrogen-bond donors (Lipinski definition) is 2. The molecule has 0 unspecified atom stereocenters. The Kier molecular flexibility index (Phi) is 7.66. The SMILES string of the molecule is O=C(Nc1cc(F)cc(F)c1)c1cnc(NC2CCN(C(=O)/C=C/CN3CCCC3)CC2)s1. The lowest BCUT2D eigenvalue weighted by atomic mass is 10.1. The van der Waals surface area contributed by atoms with Crippen molar-refractivity contribution < 1.29 is 18.4 Å². The maximum Gasteiger partial charge on any atom is 0.267 e. The molecule has 176 valence electrons. The third-order valence-electron chi connectivity index (χ3n) is 5.81. The van der Waals surface area contributed by atoms with Crippen molar-refractivity contribution >= 4 is 34.0 Å². The summed E-state index contributed by atoms with van der Waals surface area (Å²) in [6, 6.07) is 3.01. The summed E-state index contributed by atoms with van der Waals surface area (Å²) in [5.41, 5.74) is 0.0481. The predicted molar refractivity (Wildman–Crippen MR) is 124 cm³/mol. The third kappa shape index (κ3) is 6.58. The van der Waals surface area contributed by atoms with Crippen LogP contribution in [0.4, 0.5) is 19.6 Å². The van der Waals surface area contributed by atoms with E-state index in [0.29, 0.717) is 23.1 Å². The van der Waals surface area contributed by atoms with Gasteiger partial charge in [-0.1, -0.05) is 17.4 Å². The minimum Gasteiger partial charge on any atom is -0.359 e. The van der Waals surface area contributed by atoms with Gasteiger partial charge in [-0.3, -0.25) is 14.5 Å². The quantitative estimate of drug-likeness (QED) is 0.597. The summed E-state index contributed by atoms with van der Waals surface area (Å²) in [5.74, 6) is -1.95. The molecule has 0 saturated carbocycles. The molecule has 7 nitrogen and oxygen atoms in total. The van der Waals surface area contributed by atoms with E-state index >= 15 is 0 Å². The Morgan fingerprint density at radius 2 is 1.79 bits per heavy atom. The van der Waals surface area contributed by atoms with E-state index in [-0.39, 0.29) is 17.6 Å². The highest BCUT2D eigenvalue weighted by molar-refractivity contribution is 7.17. The number of nitrogens with zero attached hydrogens (tertiary/aromatic N) is 3. The van der Waals surface area contributed by atoms with E-state index in [1.54, 1.807) is 6.08 Å². The van der Waals surface area contributed by atoms with Crippen molar-refractivity contribution in [3.8, 4) is 0 Å². The molecule has 0 spiro atoms. The van der Waals surface area contributed by atoms with Gasteiger partial charge in [0.25, 0.3) is 5.91 Å². The molecule has 1 aromatic carbocycles. The number of piperidine rings is 1. The Balaban J connectivity index is 1.22. The van der Waals surface area contributed by atoms with Gasteiger partial charge in [0.2, 0.25) is 5.91 Å². The highest BCUT2D eigenvalue weighted by atomic mass is 32.1. The molecule has 10 heteroatoms. The zero-order valence-corrected chi connectivity index (χ0v) is 19.0. The number of thiazole rings is 1.